The second-order valence-corrected chi connectivity index (χ2v) is 4.99. The summed E-state index contributed by atoms with van der Waals surface area (Å²) in [6, 6.07) is 4.96. The molecule has 0 spiro atoms. The molecule has 8 heteroatoms. The smallest absolute Gasteiger partial charge is 0.260 e. The van der Waals surface area contributed by atoms with Crippen LogP contribution in [0.4, 0.5) is 5.69 Å². The van der Waals surface area contributed by atoms with Crippen molar-refractivity contribution in [2.45, 2.75) is 0 Å². The van der Waals surface area contributed by atoms with Crippen molar-refractivity contribution in [1.82, 2.24) is 19.9 Å². The molecule has 1 aromatic carbocycles. The molecule has 2 N–H and O–H groups in total. The third kappa shape index (κ3) is 2.23. The zero-order chi connectivity index (χ0) is 14.3. The molecule has 102 valence electrons. The van der Waals surface area contributed by atoms with Gasteiger partial charge < -0.3 is 10.3 Å². The largest absolute Gasteiger partial charge is 0.397 e. The Morgan fingerprint density at radius 1 is 1.30 bits per heavy atom. The first-order chi connectivity index (χ1) is 9.54. The van der Waals surface area contributed by atoms with Gasteiger partial charge >= 0.3 is 0 Å². The number of hydrogen-bond donors (Lipinski definition) is 1. The van der Waals surface area contributed by atoms with Crippen molar-refractivity contribution < 1.29 is 4.52 Å². The predicted molar refractivity (Wildman–Crippen MR) is 76.4 cm³/mol. The number of nitrogens with zero attached hydrogens (tertiary/aromatic N) is 4. The first-order valence-corrected chi connectivity index (χ1v) is 6.39. The number of anilines is 1. The van der Waals surface area contributed by atoms with Crippen LogP contribution < -0.4 is 5.73 Å². The van der Waals surface area contributed by atoms with Gasteiger partial charge in [-0.1, -0.05) is 28.4 Å². The average Bonchev–Trinajstić information content (AvgIpc) is 3.02. The van der Waals surface area contributed by atoms with Crippen LogP contribution in [0, 0.1) is 0 Å². The number of hydrogen-bond acceptors (Lipinski definition) is 5. The molecule has 0 fully saturated rings. The van der Waals surface area contributed by atoms with Crippen molar-refractivity contribution >= 4 is 28.9 Å². The molecule has 6 nitrogen and oxygen atoms in total. The maximum absolute atomic E-state index is 5.98. The highest BCUT2D eigenvalue weighted by Gasteiger charge is 2.16. The van der Waals surface area contributed by atoms with Gasteiger partial charge in [-0.05, 0) is 18.2 Å². The summed E-state index contributed by atoms with van der Waals surface area (Å²) in [5, 5.41) is 8.85. The van der Waals surface area contributed by atoms with Crippen molar-refractivity contribution in [1.29, 1.82) is 0 Å². The van der Waals surface area contributed by atoms with Gasteiger partial charge in [0.05, 0.1) is 16.3 Å². The summed E-state index contributed by atoms with van der Waals surface area (Å²) < 4.78 is 6.85. The van der Waals surface area contributed by atoms with Gasteiger partial charge in [-0.2, -0.15) is 10.1 Å². The molecule has 0 aliphatic heterocycles. The van der Waals surface area contributed by atoms with Crippen LogP contribution in [0.3, 0.4) is 0 Å². The first-order valence-electron chi connectivity index (χ1n) is 5.63. The van der Waals surface area contributed by atoms with Crippen LogP contribution in [-0.4, -0.2) is 19.9 Å². The Morgan fingerprint density at radius 2 is 2.10 bits per heavy atom. The Kier molecular flexibility index (Phi) is 3.11. The highest BCUT2D eigenvalue weighted by atomic mass is 35.5. The minimum Gasteiger partial charge on any atom is -0.397 e. The van der Waals surface area contributed by atoms with Crippen molar-refractivity contribution in [3.63, 3.8) is 0 Å². The molecule has 0 unspecified atom stereocenters. The normalized spacial score (nSPS) is 10.9. The molecule has 2 heterocycles. The summed E-state index contributed by atoms with van der Waals surface area (Å²) in [6.45, 7) is 0. The lowest BCUT2D eigenvalue weighted by molar-refractivity contribution is 0.432. The second-order valence-electron chi connectivity index (χ2n) is 4.15. The monoisotopic (exact) mass is 309 g/mol. The van der Waals surface area contributed by atoms with E-state index < -0.39 is 0 Å². The molecule has 0 bridgehead atoms. The fourth-order valence-electron chi connectivity index (χ4n) is 1.73. The highest BCUT2D eigenvalue weighted by molar-refractivity contribution is 6.37. The molecular formula is C12H9Cl2N5O. The van der Waals surface area contributed by atoms with Crippen LogP contribution >= 0.6 is 23.2 Å². The Hall–Kier alpha value is -2.05. The number of aryl methyl sites for hydroxylation is 1. The van der Waals surface area contributed by atoms with Gasteiger partial charge in [0.1, 0.15) is 5.69 Å². The maximum atomic E-state index is 5.98. The SMILES string of the molecule is Cn1ccc(-c2noc(-c3cc(Cl)cc(Cl)c3N)n2)n1. The molecule has 20 heavy (non-hydrogen) atoms. The lowest BCUT2D eigenvalue weighted by atomic mass is 10.2. The topological polar surface area (TPSA) is 82.8 Å². The van der Waals surface area contributed by atoms with E-state index in [4.69, 9.17) is 33.5 Å². The van der Waals surface area contributed by atoms with Gasteiger partial charge in [-0.15, -0.1) is 0 Å². The van der Waals surface area contributed by atoms with E-state index in [1.54, 1.807) is 36.1 Å². The van der Waals surface area contributed by atoms with E-state index in [0.29, 0.717) is 32.8 Å². The fourth-order valence-corrected chi connectivity index (χ4v) is 2.23. The van der Waals surface area contributed by atoms with Gasteiger partial charge in [0, 0.05) is 18.3 Å². The minimum atomic E-state index is 0.243. The third-order valence-electron chi connectivity index (χ3n) is 2.69. The van der Waals surface area contributed by atoms with E-state index >= 15 is 0 Å². The van der Waals surface area contributed by atoms with E-state index in [1.807, 2.05) is 0 Å². The van der Waals surface area contributed by atoms with Gasteiger partial charge in [0.15, 0.2) is 0 Å². The summed E-state index contributed by atoms with van der Waals surface area (Å²) in [6.07, 6.45) is 1.79. The lowest BCUT2D eigenvalue weighted by Crippen LogP contribution is -1.92. The van der Waals surface area contributed by atoms with Gasteiger partial charge in [-0.25, -0.2) is 0 Å². The van der Waals surface area contributed by atoms with Gasteiger partial charge in [0.2, 0.25) is 5.82 Å². The highest BCUT2D eigenvalue weighted by Crippen LogP contribution is 2.34. The summed E-state index contributed by atoms with van der Waals surface area (Å²) in [7, 11) is 1.80. The summed E-state index contributed by atoms with van der Waals surface area (Å²) in [5.41, 5.74) is 7.34. The van der Waals surface area contributed by atoms with Crippen molar-refractivity contribution in [3.05, 3.63) is 34.4 Å². The Morgan fingerprint density at radius 3 is 2.80 bits per heavy atom. The molecule has 2 aromatic heterocycles. The van der Waals surface area contributed by atoms with Crippen LogP contribution in [0.5, 0.6) is 0 Å². The molecule has 0 atom stereocenters. The second kappa shape index (κ2) is 4.81. The molecule has 3 aromatic rings. The van der Waals surface area contributed by atoms with Gasteiger partial charge in [-0.3, -0.25) is 4.68 Å². The number of rotatable bonds is 2. The van der Waals surface area contributed by atoms with E-state index in [9.17, 15) is 0 Å². The van der Waals surface area contributed by atoms with Crippen molar-refractivity contribution in [2.75, 3.05) is 5.73 Å². The Balaban J connectivity index is 2.06. The zero-order valence-corrected chi connectivity index (χ0v) is 11.9. The molecular weight excluding hydrogens is 301 g/mol. The summed E-state index contributed by atoms with van der Waals surface area (Å²) in [5.74, 6) is 0.614. The fraction of sp³-hybridized carbons (Fsp3) is 0.0833. The molecule has 0 aliphatic rings. The molecule has 0 amide bonds. The molecule has 0 radical (unpaired) electrons. The molecule has 3 rings (SSSR count). The lowest BCUT2D eigenvalue weighted by Gasteiger charge is -2.03. The summed E-state index contributed by atoms with van der Waals surface area (Å²) in [4.78, 5) is 4.26. The molecule has 0 saturated carbocycles. The van der Waals surface area contributed by atoms with E-state index in [2.05, 4.69) is 15.2 Å². The molecule has 0 aliphatic carbocycles. The number of aromatic nitrogens is 4. The van der Waals surface area contributed by atoms with Crippen molar-refractivity contribution in [3.8, 4) is 23.0 Å². The van der Waals surface area contributed by atoms with Crippen LogP contribution in [0.25, 0.3) is 23.0 Å². The number of halogens is 2. The van der Waals surface area contributed by atoms with Crippen LogP contribution in [0.2, 0.25) is 10.0 Å². The summed E-state index contributed by atoms with van der Waals surface area (Å²) >= 11 is 11.9. The van der Waals surface area contributed by atoms with Gasteiger partial charge in [0.25, 0.3) is 5.89 Å². The maximum Gasteiger partial charge on any atom is 0.260 e. The van der Waals surface area contributed by atoms with E-state index in [-0.39, 0.29) is 5.89 Å². The van der Waals surface area contributed by atoms with Crippen LogP contribution in [-0.2, 0) is 7.05 Å². The van der Waals surface area contributed by atoms with Crippen LogP contribution in [0.1, 0.15) is 0 Å². The van der Waals surface area contributed by atoms with E-state index in [1.165, 1.54) is 0 Å². The first kappa shape index (κ1) is 13.0. The van der Waals surface area contributed by atoms with Crippen LogP contribution in [0.15, 0.2) is 28.9 Å². The number of benzene rings is 1. The number of nitrogens with two attached hydrogens (primary N) is 1. The standard InChI is InChI=1S/C12H9Cl2N5O/c1-19-3-2-9(17-19)11-16-12(20-18-11)7-4-6(13)5-8(14)10(7)15/h2-5H,15H2,1H3. The quantitative estimate of drug-likeness (QED) is 0.736. The Bertz CT molecular complexity index is 780. The Labute approximate surface area is 124 Å². The average molecular weight is 310 g/mol. The minimum absolute atomic E-state index is 0.243. The van der Waals surface area contributed by atoms with Crippen molar-refractivity contribution in [2.24, 2.45) is 7.05 Å². The molecule has 0 saturated heterocycles. The number of nitrogen functional groups attached to an aromatic ring is 1. The van der Waals surface area contributed by atoms with E-state index in [0.717, 1.165) is 0 Å². The zero-order valence-electron chi connectivity index (χ0n) is 10.3. The predicted octanol–water partition coefficient (Wildman–Crippen LogP) is 3.03. The third-order valence-corrected chi connectivity index (χ3v) is 3.22.